The van der Waals surface area contributed by atoms with Crippen molar-refractivity contribution in [1.82, 2.24) is 9.80 Å². The lowest BCUT2D eigenvalue weighted by Crippen LogP contribution is -2.57. The predicted molar refractivity (Wildman–Crippen MR) is 92.5 cm³/mol. The summed E-state index contributed by atoms with van der Waals surface area (Å²) in [5, 5.41) is 9.75. The molecule has 5 heteroatoms. The summed E-state index contributed by atoms with van der Waals surface area (Å²) >= 11 is 0. The first kappa shape index (κ1) is 16.1. The van der Waals surface area contributed by atoms with Gasteiger partial charge < -0.3 is 14.9 Å². The third-order valence-electron chi connectivity index (χ3n) is 7.77. The van der Waals surface area contributed by atoms with E-state index in [1.807, 2.05) is 4.90 Å². The molecule has 138 valence electrons. The van der Waals surface area contributed by atoms with E-state index >= 15 is 0 Å². The number of carbonyl (C=O) groups is 2. The highest BCUT2D eigenvalue weighted by atomic mass is 16.3. The van der Waals surface area contributed by atoms with Crippen molar-refractivity contribution in [2.45, 2.75) is 69.9 Å². The van der Waals surface area contributed by atoms with Crippen molar-refractivity contribution in [3.05, 3.63) is 0 Å². The van der Waals surface area contributed by atoms with Crippen molar-refractivity contribution in [2.75, 3.05) is 19.6 Å². The SMILES string of the molecule is O=C([C@H]1CCCN1C(=O)C12CC3CC(CC(C3)C1)C2)N1CC[C@H](O)C1. The van der Waals surface area contributed by atoms with Crippen molar-refractivity contribution < 1.29 is 14.7 Å². The van der Waals surface area contributed by atoms with Crippen LogP contribution in [0.15, 0.2) is 0 Å². The standard InChI is InChI=1S/C20H30N2O3/c23-16-3-5-21(12-16)18(24)17-2-1-4-22(17)19(25)20-9-13-6-14(10-20)8-15(7-13)11-20/h13-17,23H,1-12H2/t13?,14?,15?,16-,17+,20?/m0/s1. The number of carbonyl (C=O) groups excluding carboxylic acids is 2. The van der Waals surface area contributed by atoms with Crippen molar-refractivity contribution in [1.29, 1.82) is 0 Å². The second-order valence-electron chi connectivity index (χ2n) is 9.58. The molecule has 5 nitrogen and oxygen atoms in total. The molecule has 2 aliphatic heterocycles. The van der Waals surface area contributed by atoms with Crippen LogP contribution in [0.25, 0.3) is 0 Å². The minimum atomic E-state index is -0.391. The van der Waals surface area contributed by atoms with Crippen LogP contribution in [-0.4, -0.2) is 58.5 Å². The number of rotatable bonds is 2. The van der Waals surface area contributed by atoms with Gasteiger partial charge in [-0.05, 0) is 75.5 Å². The van der Waals surface area contributed by atoms with E-state index in [-0.39, 0.29) is 17.4 Å². The normalized spacial score (nSPS) is 45.4. The lowest BCUT2D eigenvalue weighted by Gasteiger charge is -2.56. The molecule has 4 bridgehead atoms. The highest BCUT2D eigenvalue weighted by molar-refractivity contribution is 5.91. The Morgan fingerprint density at radius 2 is 1.56 bits per heavy atom. The summed E-state index contributed by atoms with van der Waals surface area (Å²) in [6.45, 7) is 1.82. The zero-order valence-electron chi connectivity index (χ0n) is 15.0. The average molecular weight is 346 g/mol. The van der Waals surface area contributed by atoms with Crippen molar-refractivity contribution >= 4 is 11.8 Å². The van der Waals surface area contributed by atoms with Crippen LogP contribution in [0.1, 0.15) is 57.8 Å². The Bertz CT molecular complexity index is 554. The Kier molecular flexibility index (Phi) is 3.67. The molecule has 0 aromatic rings. The van der Waals surface area contributed by atoms with Crippen LogP contribution < -0.4 is 0 Å². The van der Waals surface area contributed by atoms with Crippen LogP contribution in [0.5, 0.6) is 0 Å². The molecule has 4 saturated carbocycles. The molecular formula is C20H30N2O3. The van der Waals surface area contributed by atoms with Crippen molar-refractivity contribution in [3.63, 3.8) is 0 Å². The molecule has 2 saturated heterocycles. The van der Waals surface area contributed by atoms with Gasteiger partial charge in [0.2, 0.25) is 11.8 Å². The molecule has 0 spiro atoms. The van der Waals surface area contributed by atoms with Crippen LogP contribution in [0.3, 0.4) is 0 Å². The summed E-state index contributed by atoms with van der Waals surface area (Å²) in [4.78, 5) is 30.3. The fourth-order valence-electron chi connectivity index (χ4n) is 7.10. The fraction of sp³-hybridized carbons (Fsp3) is 0.900. The highest BCUT2D eigenvalue weighted by Gasteiger charge is 2.57. The number of amides is 2. The van der Waals surface area contributed by atoms with Gasteiger partial charge in [0.05, 0.1) is 11.5 Å². The summed E-state index contributed by atoms with van der Waals surface area (Å²) in [5.74, 6) is 2.62. The van der Waals surface area contributed by atoms with E-state index in [2.05, 4.69) is 0 Å². The van der Waals surface area contributed by atoms with Crippen molar-refractivity contribution in [3.8, 4) is 0 Å². The Labute approximate surface area is 149 Å². The molecule has 6 fully saturated rings. The minimum Gasteiger partial charge on any atom is -0.391 e. The first-order valence-electron chi connectivity index (χ1n) is 10.3. The van der Waals surface area contributed by atoms with Gasteiger partial charge in [-0.1, -0.05) is 0 Å². The Morgan fingerprint density at radius 1 is 0.920 bits per heavy atom. The van der Waals surface area contributed by atoms with E-state index in [0.717, 1.165) is 56.4 Å². The third kappa shape index (κ3) is 2.53. The molecule has 25 heavy (non-hydrogen) atoms. The van der Waals surface area contributed by atoms with E-state index < -0.39 is 6.10 Å². The topological polar surface area (TPSA) is 60.9 Å². The number of nitrogens with zero attached hydrogens (tertiary/aromatic N) is 2. The first-order valence-corrected chi connectivity index (χ1v) is 10.3. The second kappa shape index (κ2) is 5.70. The number of aliphatic hydroxyl groups is 1. The largest absolute Gasteiger partial charge is 0.391 e. The van der Waals surface area contributed by atoms with Crippen LogP contribution >= 0.6 is 0 Å². The Hall–Kier alpha value is -1.10. The summed E-state index contributed by atoms with van der Waals surface area (Å²) < 4.78 is 0. The molecule has 0 aromatic carbocycles. The minimum absolute atomic E-state index is 0.0760. The van der Waals surface area contributed by atoms with Gasteiger partial charge >= 0.3 is 0 Å². The summed E-state index contributed by atoms with van der Waals surface area (Å²) in [6.07, 6.45) is 9.21. The van der Waals surface area contributed by atoms with Crippen LogP contribution in [0.2, 0.25) is 0 Å². The monoisotopic (exact) mass is 346 g/mol. The fourth-order valence-corrected chi connectivity index (χ4v) is 7.10. The number of β-amino-alcohol motifs (C(OH)–C–C–N with tert-alkyl or cyclic N) is 1. The molecule has 0 aromatic heterocycles. The van der Waals surface area contributed by atoms with E-state index in [0.29, 0.717) is 25.4 Å². The molecule has 2 amide bonds. The predicted octanol–water partition coefficient (Wildman–Crippen LogP) is 1.79. The van der Waals surface area contributed by atoms with Gasteiger partial charge in [0.25, 0.3) is 0 Å². The molecule has 0 unspecified atom stereocenters. The van der Waals surface area contributed by atoms with E-state index in [1.165, 1.54) is 19.3 Å². The summed E-state index contributed by atoms with van der Waals surface area (Å²) in [5.41, 5.74) is -0.151. The number of hydrogen-bond donors (Lipinski definition) is 1. The maximum Gasteiger partial charge on any atom is 0.245 e. The number of likely N-dealkylation sites (tertiary alicyclic amines) is 2. The molecule has 1 N–H and O–H groups in total. The Balaban J connectivity index is 1.35. The maximum atomic E-state index is 13.6. The van der Waals surface area contributed by atoms with Gasteiger partial charge in [-0.2, -0.15) is 0 Å². The van der Waals surface area contributed by atoms with Crippen LogP contribution in [0.4, 0.5) is 0 Å². The maximum absolute atomic E-state index is 13.6. The molecule has 0 radical (unpaired) electrons. The van der Waals surface area contributed by atoms with Gasteiger partial charge in [-0.25, -0.2) is 0 Å². The van der Waals surface area contributed by atoms with Gasteiger partial charge in [-0.15, -0.1) is 0 Å². The molecule has 2 atom stereocenters. The lowest BCUT2D eigenvalue weighted by molar-refractivity contribution is -0.161. The zero-order valence-corrected chi connectivity index (χ0v) is 15.0. The van der Waals surface area contributed by atoms with Gasteiger partial charge in [0.15, 0.2) is 0 Å². The highest BCUT2D eigenvalue weighted by Crippen LogP contribution is 2.60. The van der Waals surface area contributed by atoms with Gasteiger partial charge in [-0.3, -0.25) is 9.59 Å². The summed E-state index contributed by atoms with van der Waals surface area (Å²) in [6, 6.07) is -0.272. The molecular weight excluding hydrogens is 316 g/mol. The van der Waals surface area contributed by atoms with Crippen LogP contribution in [-0.2, 0) is 9.59 Å². The van der Waals surface area contributed by atoms with E-state index in [9.17, 15) is 14.7 Å². The Morgan fingerprint density at radius 3 is 2.12 bits per heavy atom. The van der Waals surface area contributed by atoms with Gasteiger partial charge in [0.1, 0.15) is 6.04 Å². The molecule has 4 aliphatic carbocycles. The smallest absolute Gasteiger partial charge is 0.245 e. The molecule has 6 rings (SSSR count). The molecule has 2 heterocycles. The number of hydrogen-bond acceptors (Lipinski definition) is 3. The summed E-state index contributed by atoms with van der Waals surface area (Å²) in [7, 11) is 0. The molecule has 6 aliphatic rings. The lowest BCUT2D eigenvalue weighted by atomic mass is 9.49. The van der Waals surface area contributed by atoms with E-state index in [4.69, 9.17) is 0 Å². The average Bonchev–Trinajstić information content (AvgIpc) is 3.21. The number of aliphatic hydroxyl groups excluding tert-OH is 1. The second-order valence-corrected chi connectivity index (χ2v) is 9.58. The third-order valence-corrected chi connectivity index (χ3v) is 7.77. The zero-order chi connectivity index (χ0) is 17.2. The van der Waals surface area contributed by atoms with E-state index in [1.54, 1.807) is 4.90 Å². The van der Waals surface area contributed by atoms with Crippen molar-refractivity contribution in [2.24, 2.45) is 23.2 Å². The first-order chi connectivity index (χ1) is 12.0. The van der Waals surface area contributed by atoms with Crippen LogP contribution in [0, 0.1) is 23.2 Å². The quantitative estimate of drug-likeness (QED) is 0.829. The van der Waals surface area contributed by atoms with Gasteiger partial charge in [0, 0.05) is 19.6 Å².